The lowest BCUT2D eigenvalue weighted by Crippen LogP contribution is -2.40. The molecule has 0 bridgehead atoms. The Balaban J connectivity index is 1.62. The fourth-order valence-corrected chi connectivity index (χ4v) is 2.68. The van der Waals surface area contributed by atoms with E-state index in [-0.39, 0.29) is 6.61 Å². The lowest BCUT2D eigenvalue weighted by molar-refractivity contribution is -0.160. The molecule has 6 heteroatoms. The summed E-state index contributed by atoms with van der Waals surface area (Å²) < 4.78 is 22.1. The molecule has 6 nitrogen and oxygen atoms in total. The number of hydrogen-bond acceptors (Lipinski definition) is 6. The molecule has 0 saturated carbocycles. The van der Waals surface area contributed by atoms with Gasteiger partial charge >= 0.3 is 0 Å². The van der Waals surface area contributed by atoms with Gasteiger partial charge in [-0.15, -0.1) is 0 Å². The molecule has 2 N–H and O–H groups in total. The number of aliphatic hydroxyl groups is 2. The van der Waals surface area contributed by atoms with E-state index in [2.05, 4.69) is 0 Å². The van der Waals surface area contributed by atoms with Crippen molar-refractivity contribution in [1.82, 2.24) is 0 Å². The van der Waals surface area contributed by atoms with Gasteiger partial charge in [0.2, 0.25) is 0 Å². The molecule has 2 fully saturated rings. The van der Waals surface area contributed by atoms with Crippen LogP contribution in [0.2, 0.25) is 0 Å². The summed E-state index contributed by atoms with van der Waals surface area (Å²) in [5, 5.41) is 19.8. The molecule has 0 unspecified atom stereocenters. The van der Waals surface area contributed by atoms with Crippen LogP contribution in [0.4, 0.5) is 0 Å². The van der Waals surface area contributed by atoms with Crippen molar-refractivity contribution < 1.29 is 29.2 Å². The molecule has 0 amide bonds. The third-order valence-electron chi connectivity index (χ3n) is 3.75. The molecule has 4 atom stereocenters. The summed E-state index contributed by atoms with van der Waals surface area (Å²) in [5.41, 5.74) is 0.998. The summed E-state index contributed by atoms with van der Waals surface area (Å²) in [7, 11) is 0. The number of benzene rings is 1. The van der Waals surface area contributed by atoms with Crippen molar-refractivity contribution in [3.05, 3.63) is 35.9 Å². The lowest BCUT2D eigenvalue weighted by Gasteiger charge is -2.21. The van der Waals surface area contributed by atoms with Crippen molar-refractivity contribution in [3.63, 3.8) is 0 Å². The first-order valence-corrected chi connectivity index (χ1v) is 7.12. The maximum atomic E-state index is 10.4. The van der Waals surface area contributed by atoms with Crippen LogP contribution in [0.1, 0.15) is 5.56 Å². The van der Waals surface area contributed by atoms with Crippen molar-refractivity contribution in [1.29, 1.82) is 0 Å². The number of ether oxygens (including phenoxy) is 4. The van der Waals surface area contributed by atoms with Gasteiger partial charge in [-0.2, -0.15) is 0 Å². The largest absolute Gasteiger partial charge is 0.394 e. The second-order valence-corrected chi connectivity index (χ2v) is 5.18. The first-order valence-electron chi connectivity index (χ1n) is 7.12. The van der Waals surface area contributed by atoms with E-state index >= 15 is 0 Å². The Morgan fingerprint density at radius 3 is 2.52 bits per heavy atom. The number of rotatable bonds is 5. The van der Waals surface area contributed by atoms with Gasteiger partial charge in [-0.05, 0) is 5.56 Å². The Labute approximate surface area is 123 Å². The predicted octanol–water partition coefficient (Wildman–Crippen LogP) is 0.0653. The molecule has 2 aliphatic rings. The Morgan fingerprint density at radius 2 is 1.86 bits per heavy atom. The fourth-order valence-electron chi connectivity index (χ4n) is 2.68. The van der Waals surface area contributed by atoms with E-state index in [9.17, 15) is 10.2 Å². The summed E-state index contributed by atoms with van der Waals surface area (Å²) in [6, 6.07) is 9.66. The molecule has 116 valence electrons. The first kappa shape index (κ1) is 14.9. The molecule has 2 heterocycles. The van der Waals surface area contributed by atoms with Gasteiger partial charge in [-0.1, -0.05) is 30.3 Å². The molecule has 2 saturated heterocycles. The predicted molar refractivity (Wildman–Crippen MR) is 72.5 cm³/mol. The molecule has 0 aliphatic carbocycles. The van der Waals surface area contributed by atoms with Crippen LogP contribution in [0.15, 0.2) is 30.3 Å². The quantitative estimate of drug-likeness (QED) is 0.800. The normalized spacial score (nSPS) is 33.6. The average molecular weight is 296 g/mol. The van der Waals surface area contributed by atoms with Crippen molar-refractivity contribution in [3.8, 4) is 0 Å². The monoisotopic (exact) mass is 296 g/mol. The molecule has 0 radical (unpaired) electrons. The van der Waals surface area contributed by atoms with Gasteiger partial charge in [0, 0.05) is 0 Å². The minimum atomic E-state index is -0.894. The SMILES string of the molecule is OC[C@H]1O[C@@H](C2OCCO2)[C@@H](O)[C@@H]1OCc1ccccc1. The van der Waals surface area contributed by atoms with Gasteiger partial charge in [0.1, 0.15) is 24.4 Å². The zero-order valence-corrected chi connectivity index (χ0v) is 11.6. The minimum absolute atomic E-state index is 0.222. The standard InChI is InChI=1S/C15H20O6/c16-8-11-13(20-9-10-4-2-1-3-5-10)12(17)14(21-11)15-18-6-7-19-15/h1-5,11-17H,6-9H2/t11-,12+,13-,14-/m1/s1. The second-order valence-electron chi connectivity index (χ2n) is 5.18. The molecular weight excluding hydrogens is 276 g/mol. The molecule has 1 aromatic carbocycles. The van der Waals surface area contributed by atoms with Crippen LogP contribution in [0, 0.1) is 0 Å². The smallest absolute Gasteiger partial charge is 0.186 e. The van der Waals surface area contributed by atoms with Crippen LogP contribution >= 0.6 is 0 Å². The van der Waals surface area contributed by atoms with E-state index in [4.69, 9.17) is 18.9 Å². The van der Waals surface area contributed by atoms with Crippen molar-refractivity contribution in [2.45, 2.75) is 37.3 Å². The van der Waals surface area contributed by atoms with Crippen molar-refractivity contribution >= 4 is 0 Å². The highest BCUT2D eigenvalue weighted by Gasteiger charge is 2.49. The van der Waals surface area contributed by atoms with Crippen LogP contribution in [-0.2, 0) is 25.6 Å². The fraction of sp³-hybridized carbons (Fsp3) is 0.600. The van der Waals surface area contributed by atoms with Gasteiger partial charge in [0.25, 0.3) is 0 Å². The Morgan fingerprint density at radius 1 is 1.14 bits per heavy atom. The lowest BCUT2D eigenvalue weighted by atomic mass is 10.1. The zero-order valence-electron chi connectivity index (χ0n) is 11.6. The topological polar surface area (TPSA) is 77.4 Å². The highest BCUT2D eigenvalue weighted by Crippen LogP contribution is 2.29. The zero-order chi connectivity index (χ0) is 14.7. The van der Waals surface area contributed by atoms with Gasteiger partial charge in [0.15, 0.2) is 6.29 Å². The molecule has 21 heavy (non-hydrogen) atoms. The van der Waals surface area contributed by atoms with E-state index in [0.717, 1.165) is 5.56 Å². The van der Waals surface area contributed by atoms with Crippen molar-refractivity contribution in [2.24, 2.45) is 0 Å². The first-order chi connectivity index (χ1) is 10.3. The van der Waals surface area contributed by atoms with E-state index in [1.807, 2.05) is 30.3 Å². The van der Waals surface area contributed by atoms with Gasteiger partial charge in [-0.25, -0.2) is 0 Å². The Hall–Kier alpha value is -1.02. The summed E-state index contributed by atoms with van der Waals surface area (Å²) in [4.78, 5) is 0. The molecule has 0 aromatic heterocycles. The van der Waals surface area contributed by atoms with E-state index in [1.54, 1.807) is 0 Å². The number of hydrogen-bond donors (Lipinski definition) is 2. The summed E-state index contributed by atoms with van der Waals surface area (Å²) in [6.45, 7) is 1.09. The van der Waals surface area contributed by atoms with Crippen molar-refractivity contribution in [2.75, 3.05) is 19.8 Å². The maximum absolute atomic E-state index is 10.4. The van der Waals surface area contributed by atoms with Gasteiger partial charge < -0.3 is 29.2 Å². The average Bonchev–Trinajstić information content (AvgIpc) is 3.14. The van der Waals surface area contributed by atoms with Crippen LogP contribution < -0.4 is 0 Å². The molecule has 0 spiro atoms. The van der Waals surface area contributed by atoms with Crippen LogP contribution in [0.25, 0.3) is 0 Å². The summed E-state index contributed by atoms with van der Waals surface area (Å²) in [5.74, 6) is 0. The third kappa shape index (κ3) is 3.26. The highest BCUT2D eigenvalue weighted by atomic mass is 16.7. The third-order valence-corrected chi connectivity index (χ3v) is 3.75. The molecule has 1 aromatic rings. The van der Waals surface area contributed by atoms with E-state index in [0.29, 0.717) is 19.8 Å². The summed E-state index contributed by atoms with van der Waals surface area (Å²) in [6.07, 6.45) is -3.31. The van der Waals surface area contributed by atoms with E-state index in [1.165, 1.54) is 0 Å². The minimum Gasteiger partial charge on any atom is -0.394 e. The molecule has 2 aliphatic heterocycles. The second kappa shape index (κ2) is 6.83. The van der Waals surface area contributed by atoms with Crippen LogP contribution in [0.3, 0.4) is 0 Å². The molecule has 3 rings (SSSR count). The number of aliphatic hydroxyl groups excluding tert-OH is 2. The maximum Gasteiger partial charge on any atom is 0.186 e. The van der Waals surface area contributed by atoms with Crippen LogP contribution in [-0.4, -0.2) is 60.7 Å². The Bertz CT molecular complexity index is 433. The van der Waals surface area contributed by atoms with Gasteiger partial charge in [0.05, 0.1) is 26.4 Å². The summed E-state index contributed by atoms with van der Waals surface area (Å²) >= 11 is 0. The van der Waals surface area contributed by atoms with E-state index < -0.39 is 30.7 Å². The Kier molecular flexibility index (Phi) is 4.84. The molecular formula is C15H20O6. The highest BCUT2D eigenvalue weighted by molar-refractivity contribution is 5.13. The van der Waals surface area contributed by atoms with Gasteiger partial charge in [-0.3, -0.25) is 0 Å². The van der Waals surface area contributed by atoms with Crippen LogP contribution in [0.5, 0.6) is 0 Å².